The fourth-order valence-electron chi connectivity index (χ4n) is 5.31. The van der Waals surface area contributed by atoms with E-state index < -0.39 is 6.04 Å². The van der Waals surface area contributed by atoms with Crippen LogP contribution >= 0.6 is 11.3 Å². The molecule has 1 saturated heterocycles. The molecule has 9 heteroatoms. The number of hydrogen-bond acceptors (Lipinski definition) is 5. The number of carbonyl (C=O) groups excluding carboxylic acids is 3. The Kier molecular flexibility index (Phi) is 7.46. The van der Waals surface area contributed by atoms with Gasteiger partial charge in [-0.1, -0.05) is 68.5 Å². The van der Waals surface area contributed by atoms with Crippen molar-refractivity contribution >= 4 is 50.8 Å². The fraction of sp³-hybridized carbons (Fsp3) is 0.407. The highest BCUT2D eigenvalue weighted by atomic mass is 32.1. The zero-order valence-corrected chi connectivity index (χ0v) is 21.0. The summed E-state index contributed by atoms with van der Waals surface area (Å²) in [5.74, 6) is 0.0215. The van der Waals surface area contributed by atoms with Gasteiger partial charge in [-0.15, -0.1) is 11.3 Å². The van der Waals surface area contributed by atoms with E-state index in [9.17, 15) is 14.4 Å². The van der Waals surface area contributed by atoms with E-state index in [0.717, 1.165) is 23.6 Å². The van der Waals surface area contributed by atoms with Crippen LogP contribution in [0.3, 0.4) is 0 Å². The summed E-state index contributed by atoms with van der Waals surface area (Å²) in [5, 5.41) is 10.2. The van der Waals surface area contributed by atoms with Crippen LogP contribution < -0.4 is 10.6 Å². The Morgan fingerprint density at radius 1 is 1.03 bits per heavy atom. The van der Waals surface area contributed by atoms with Gasteiger partial charge in [0.1, 0.15) is 12.6 Å². The second-order valence-corrected chi connectivity index (χ2v) is 10.4. The molecule has 2 heterocycles. The highest BCUT2D eigenvalue weighted by Crippen LogP contribution is 2.30. The predicted octanol–water partition coefficient (Wildman–Crippen LogP) is 4.95. The van der Waals surface area contributed by atoms with Crippen molar-refractivity contribution in [3.8, 4) is 0 Å². The van der Waals surface area contributed by atoms with E-state index in [-0.39, 0.29) is 24.4 Å². The van der Waals surface area contributed by atoms with Gasteiger partial charge in [-0.3, -0.25) is 9.59 Å². The molecule has 0 radical (unpaired) electrons. The molecule has 1 saturated carbocycles. The minimum absolute atomic E-state index is 0.0533. The lowest BCUT2D eigenvalue weighted by molar-refractivity contribution is -0.142. The van der Waals surface area contributed by atoms with Gasteiger partial charge in [0.15, 0.2) is 5.13 Å². The van der Waals surface area contributed by atoms with Gasteiger partial charge in [-0.25, -0.2) is 9.78 Å². The third-order valence-corrected chi connectivity index (χ3v) is 7.89. The normalized spacial score (nSPS) is 17.7. The molecule has 1 aliphatic carbocycles. The smallest absolute Gasteiger partial charge is 0.322 e. The number of piperazine rings is 1. The molecule has 0 spiro atoms. The standard InChI is InChI=1S/C27H31N5O3S/c33-24-18-31(27(35)29-22-12-6-10-20-9-4-5-11-21(20)22)14-15-32(24)23(17-19-7-2-1-3-8-19)25(34)30-26-28-13-16-36-26/h4-6,9-13,16,19,23H,1-3,7-8,14-15,17-18H2,(H,29,35)(H,28,30,34). The molecule has 1 unspecified atom stereocenters. The molecule has 2 aromatic carbocycles. The van der Waals surface area contributed by atoms with Crippen LogP contribution in [0.1, 0.15) is 38.5 Å². The van der Waals surface area contributed by atoms with E-state index in [1.165, 1.54) is 35.5 Å². The van der Waals surface area contributed by atoms with E-state index in [1.54, 1.807) is 11.1 Å². The summed E-state index contributed by atoms with van der Waals surface area (Å²) in [6, 6.07) is 12.7. The molecule has 0 bridgehead atoms. The summed E-state index contributed by atoms with van der Waals surface area (Å²) in [6.45, 7) is 0.640. The van der Waals surface area contributed by atoms with Crippen LogP contribution in [0.25, 0.3) is 10.8 Å². The van der Waals surface area contributed by atoms with E-state index in [2.05, 4.69) is 15.6 Å². The van der Waals surface area contributed by atoms with Crippen molar-refractivity contribution in [2.75, 3.05) is 30.3 Å². The second kappa shape index (κ2) is 11.1. The molecule has 1 aromatic heterocycles. The number of anilines is 2. The van der Waals surface area contributed by atoms with Crippen LogP contribution in [0.4, 0.5) is 15.6 Å². The molecule has 3 aromatic rings. The Morgan fingerprint density at radius 2 is 1.83 bits per heavy atom. The monoisotopic (exact) mass is 505 g/mol. The van der Waals surface area contributed by atoms with Crippen LogP contribution in [0, 0.1) is 5.92 Å². The lowest BCUT2D eigenvalue weighted by Crippen LogP contribution is -2.59. The molecule has 2 fully saturated rings. The molecule has 2 N–H and O–H groups in total. The average Bonchev–Trinajstić information content (AvgIpc) is 3.41. The Hall–Kier alpha value is -3.46. The van der Waals surface area contributed by atoms with Crippen molar-refractivity contribution in [1.29, 1.82) is 0 Å². The van der Waals surface area contributed by atoms with Crippen molar-refractivity contribution in [3.63, 3.8) is 0 Å². The number of aromatic nitrogens is 1. The van der Waals surface area contributed by atoms with Gasteiger partial charge in [0.25, 0.3) is 0 Å². The molecule has 1 atom stereocenters. The first-order valence-electron chi connectivity index (χ1n) is 12.6. The predicted molar refractivity (Wildman–Crippen MR) is 142 cm³/mol. The van der Waals surface area contributed by atoms with Gasteiger partial charge < -0.3 is 20.4 Å². The Labute approximate surface area is 214 Å². The number of nitrogens with one attached hydrogen (secondary N) is 2. The maximum absolute atomic E-state index is 13.3. The molecule has 36 heavy (non-hydrogen) atoms. The van der Waals surface area contributed by atoms with Crippen molar-refractivity contribution in [3.05, 3.63) is 54.0 Å². The molecule has 5 rings (SSSR count). The molecule has 188 valence electrons. The summed E-state index contributed by atoms with van der Waals surface area (Å²) < 4.78 is 0. The van der Waals surface area contributed by atoms with Crippen LogP contribution in [0.5, 0.6) is 0 Å². The summed E-state index contributed by atoms with van der Waals surface area (Å²) in [6.07, 6.45) is 8.03. The van der Waals surface area contributed by atoms with Gasteiger partial charge in [0, 0.05) is 30.1 Å². The molecule has 2 aliphatic rings. The van der Waals surface area contributed by atoms with E-state index in [4.69, 9.17) is 0 Å². The van der Waals surface area contributed by atoms with Gasteiger partial charge in [0.05, 0.1) is 5.69 Å². The van der Waals surface area contributed by atoms with Gasteiger partial charge in [-0.2, -0.15) is 0 Å². The Morgan fingerprint density at radius 3 is 2.61 bits per heavy atom. The van der Waals surface area contributed by atoms with Gasteiger partial charge in [-0.05, 0) is 23.8 Å². The average molecular weight is 506 g/mol. The van der Waals surface area contributed by atoms with Crippen LogP contribution in [0.2, 0.25) is 0 Å². The topological polar surface area (TPSA) is 94.6 Å². The van der Waals surface area contributed by atoms with E-state index in [1.807, 2.05) is 47.8 Å². The van der Waals surface area contributed by atoms with E-state index >= 15 is 0 Å². The quantitative estimate of drug-likeness (QED) is 0.496. The second-order valence-electron chi connectivity index (χ2n) is 9.55. The highest BCUT2D eigenvalue weighted by Gasteiger charge is 2.37. The van der Waals surface area contributed by atoms with Crippen molar-refractivity contribution in [1.82, 2.24) is 14.8 Å². The number of carbonyl (C=O) groups is 3. The Bertz CT molecular complexity index is 1220. The Balaban J connectivity index is 1.27. The number of thiazole rings is 1. The third-order valence-electron chi connectivity index (χ3n) is 7.20. The summed E-state index contributed by atoms with van der Waals surface area (Å²) in [5.41, 5.74) is 0.714. The minimum Gasteiger partial charge on any atom is -0.327 e. The largest absolute Gasteiger partial charge is 0.327 e. The fourth-order valence-corrected chi connectivity index (χ4v) is 5.84. The van der Waals surface area contributed by atoms with Crippen LogP contribution in [-0.4, -0.2) is 58.3 Å². The molecular formula is C27H31N5O3S. The summed E-state index contributed by atoms with van der Waals surface area (Å²) in [4.78, 5) is 47.0. The van der Waals surface area contributed by atoms with Gasteiger partial charge in [0.2, 0.25) is 11.8 Å². The molecule has 4 amide bonds. The summed E-state index contributed by atoms with van der Waals surface area (Å²) in [7, 11) is 0. The van der Waals surface area contributed by atoms with E-state index in [0.29, 0.717) is 36.2 Å². The zero-order valence-electron chi connectivity index (χ0n) is 20.2. The number of nitrogens with zero attached hydrogens (tertiary/aromatic N) is 3. The number of rotatable bonds is 6. The maximum atomic E-state index is 13.3. The maximum Gasteiger partial charge on any atom is 0.322 e. The molecule has 1 aliphatic heterocycles. The highest BCUT2D eigenvalue weighted by molar-refractivity contribution is 7.13. The van der Waals surface area contributed by atoms with Crippen molar-refractivity contribution < 1.29 is 14.4 Å². The number of hydrogen-bond donors (Lipinski definition) is 2. The van der Waals surface area contributed by atoms with Crippen LogP contribution in [0.15, 0.2) is 54.0 Å². The minimum atomic E-state index is -0.562. The van der Waals surface area contributed by atoms with Crippen LogP contribution in [-0.2, 0) is 9.59 Å². The van der Waals surface area contributed by atoms with Crippen molar-refractivity contribution in [2.24, 2.45) is 5.92 Å². The first-order valence-corrected chi connectivity index (χ1v) is 13.5. The molecular weight excluding hydrogens is 474 g/mol. The number of urea groups is 1. The summed E-state index contributed by atoms with van der Waals surface area (Å²) >= 11 is 1.36. The number of amides is 4. The number of fused-ring (bicyclic) bond motifs is 1. The number of benzene rings is 2. The lowest BCUT2D eigenvalue weighted by Gasteiger charge is -2.39. The SMILES string of the molecule is O=C(Nc1nccs1)C(CC1CCCCC1)N1CCN(C(=O)Nc2cccc3ccccc23)CC1=O. The van der Waals surface area contributed by atoms with Crippen molar-refractivity contribution in [2.45, 2.75) is 44.6 Å². The molecule has 8 nitrogen and oxygen atoms in total. The van der Waals surface area contributed by atoms with Gasteiger partial charge >= 0.3 is 6.03 Å². The first kappa shape index (κ1) is 24.2. The zero-order chi connectivity index (χ0) is 24.9. The lowest BCUT2D eigenvalue weighted by atomic mass is 9.84. The first-order chi connectivity index (χ1) is 17.6. The third kappa shape index (κ3) is 5.51.